The van der Waals surface area contributed by atoms with Gasteiger partial charge in [-0.1, -0.05) is 41.1 Å². The van der Waals surface area contributed by atoms with Crippen molar-refractivity contribution >= 4 is 39.5 Å². The Labute approximate surface area is 188 Å². The molecule has 0 bridgehead atoms. The molecule has 0 aliphatic heterocycles. The molecule has 0 saturated carbocycles. The number of nitrogens with one attached hydrogen (secondary N) is 2. The van der Waals surface area contributed by atoms with Crippen molar-refractivity contribution in [3.63, 3.8) is 0 Å². The van der Waals surface area contributed by atoms with Gasteiger partial charge in [0.15, 0.2) is 5.76 Å². The molecule has 0 spiro atoms. The highest BCUT2D eigenvalue weighted by Gasteiger charge is 2.19. The molecule has 0 fully saturated rings. The van der Waals surface area contributed by atoms with Gasteiger partial charge in [0.05, 0.1) is 10.6 Å². The number of anilines is 2. The number of nitrogens with zero attached hydrogens (tertiary/aromatic N) is 1. The molecule has 0 unspecified atom stereocenters. The van der Waals surface area contributed by atoms with Crippen LogP contribution in [0.3, 0.4) is 0 Å². The summed E-state index contributed by atoms with van der Waals surface area (Å²) in [6, 6.07) is 9.07. The van der Waals surface area contributed by atoms with Gasteiger partial charge in [-0.05, 0) is 69.0 Å². The van der Waals surface area contributed by atoms with E-state index in [-0.39, 0.29) is 10.8 Å². The van der Waals surface area contributed by atoms with Crippen LogP contribution in [0, 0.1) is 34.6 Å². The van der Waals surface area contributed by atoms with Crippen molar-refractivity contribution in [2.75, 3.05) is 10.0 Å². The number of carbonyl (C=O) groups is 1. The highest BCUT2D eigenvalue weighted by atomic mass is 32.2. The van der Waals surface area contributed by atoms with Gasteiger partial charge in [-0.15, -0.1) is 0 Å². The number of amides is 1. The summed E-state index contributed by atoms with van der Waals surface area (Å²) >= 11 is 0. The van der Waals surface area contributed by atoms with Crippen molar-refractivity contribution in [1.82, 2.24) is 5.16 Å². The van der Waals surface area contributed by atoms with E-state index in [4.69, 9.17) is 4.52 Å². The Morgan fingerprint density at radius 1 is 0.938 bits per heavy atom. The number of aryl methyl sites for hydroxylation is 5. The SMILES string of the molecule is CC(=O)Nc1c(C)noc1C=Cc1ccc(C)c(S(=O)(=O)Nc2c(C)cc(C)cc2C)c1. The van der Waals surface area contributed by atoms with E-state index in [2.05, 4.69) is 15.2 Å². The van der Waals surface area contributed by atoms with Gasteiger partial charge >= 0.3 is 0 Å². The summed E-state index contributed by atoms with van der Waals surface area (Å²) in [5, 5.41) is 6.57. The normalized spacial score (nSPS) is 11.7. The lowest BCUT2D eigenvalue weighted by Crippen LogP contribution is -2.16. The van der Waals surface area contributed by atoms with Crippen LogP contribution in [0.25, 0.3) is 12.2 Å². The van der Waals surface area contributed by atoms with Crippen molar-refractivity contribution < 1.29 is 17.7 Å². The maximum Gasteiger partial charge on any atom is 0.262 e. The van der Waals surface area contributed by atoms with Crippen LogP contribution in [0.1, 0.15) is 46.2 Å². The molecule has 0 aliphatic rings. The van der Waals surface area contributed by atoms with Gasteiger partial charge in [-0.2, -0.15) is 0 Å². The molecule has 0 atom stereocenters. The van der Waals surface area contributed by atoms with E-state index in [1.54, 1.807) is 38.1 Å². The molecule has 0 aliphatic carbocycles. The molecule has 1 amide bonds. The number of benzene rings is 2. The van der Waals surface area contributed by atoms with Crippen LogP contribution >= 0.6 is 0 Å². The minimum Gasteiger partial charge on any atom is -0.354 e. The van der Waals surface area contributed by atoms with E-state index >= 15 is 0 Å². The molecule has 0 saturated heterocycles. The largest absolute Gasteiger partial charge is 0.354 e. The average molecular weight is 454 g/mol. The van der Waals surface area contributed by atoms with Gasteiger partial charge in [-0.25, -0.2) is 8.42 Å². The second-order valence-corrected chi connectivity index (χ2v) is 9.58. The fraction of sp³-hybridized carbons (Fsp3) is 0.250. The quantitative estimate of drug-likeness (QED) is 0.538. The molecule has 7 nitrogen and oxygen atoms in total. The topological polar surface area (TPSA) is 101 Å². The summed E-state index contributed by atoms with van der Waals surface area (Å²) < 4.78 is 34.4. The molecule has 1 heterocycles. The average Bonchev–Trinajstić information content (AvgIpc) is 3.03. The Kier molecular flexibility index (Phi) is 6.55. The van der Waals surface area contributed by atoms with E-state index < -0.39 is 10.0 Å². The van der Waals surface area contributed by atoms with E-state index in [0.29, 0.717) is 34.0 Å². The monoisotopic (exact) mass is 453 g/mol. The molecule has 2 N–H and O–H groups in total. The second-order valence-electron chi connectivity index (χ2n) is 7.93. The summed E-state index contributed by atoms with van der Waals surface area (Å²) in [5.41, 5.74) is 5.74. The summed E-state index contributed by atoms with van der Waals surface area (Å²) in [6.07, 6.45) is 3.36. The highest BCUT2D eigenvalue weighted by Crippen LogP contribution is 2.28. The Balaban J connectivity index is 1.94. The third kappa shape index (κ3) is 5.08. The van der Waals surface area contributed by atoms with Crippen molar-refractivity contribution in [3.8, 4) is 0 Å². The maximum atomic E-state index is 13.2. The second kappa shape index (κ2) is 9.00. The minimum absolute atomic E-state index is 0.190. The first-order valence-corrected chi connectivity index (χ1v) is 11.6. The zero-order chi connectivity index (χ0) is 23.6. The number of sulfonamides is 1. The predicted molar refractivity (Wildman–Crippen MR) is 127 cm³/mol. The summed E-state index contributed by atoms with van der Waals surface area (Å²) in [6.45, 7) is 10.6. The molecule has 1 aromatic heterocycles. The zero-order valence-electron chi connectivity index (χ0n) is 19.0. The fourth-order valence-corrected chi connectivity index (χ4v) is 5.03. The molecule has 3 aromatic rings. The van der Waals surface area contributed by atoms with E-state index in [0.717, 1.165) is 16.7 Å². The van der Waals surface area contributed by atoms with Crippen molar-refractivity contribution in [2.45, 2.75) is 46.4 Å². The summed E-state index contributed by atoms with van der Waals surface area (Å²) in [7, 11) is -3.80. The predicted octanol–water partition coefficient (Wildman–Crippen LogP) is 5.15. The zero-order valence-corrected chi connectivity index (χ0v) is 19.8. The third-order valence-corrected chi connectivity index (χ3v) is 6.52. The molecule has 168 valence electrons. The Morgan fingerprint density at radius 2 is 1.59 bits per heavy atom. The smallest absolute Gasteiger partial charge is 0.262 e. The lowest BCUT2D eigenvalue weighted by Gasteiger charge is -2.16. The maximum absolute atomic E-state index is 13.2. The summed E-state index contributed by atoms with van der Waals surface area (Å²) in [5.74, 6) is 0.147. The standard InChI is InChI=1S/C24H27N3O4S/c1-14-11-16(3)23(17(4)12-14)27-32(29,30)22-13-20(8-7-15(22)2)9-10-21-24(25-19(6)28)18(5)26-31-21/h7-13,27H,1-6H3,(H,25,28). The number of hydrogen-bond donors (Lipinski definition) is 2. The molecule has 2 aromatic carbocycles. The minimum atomic E-state index is -3.80. The first-order chi connectivity index (χ1) is 15.0. The van der Waals surface area contributed by atoms with Gasteiger partial charge in [0.1, 0.15) is 11.4 Å². The van der Waals surface area contributed by atoms with Crippen LogP contribution in [-0.2, 0) is 14.8 Å². The van der Waals surface area contributed by atoms with Crippen LogP contribution in [-0.4, -0.2) is 19.5 Å². The van der Waals surface area contributed by atoms with E-state index in [1.807, 2.05) is 39.0 Å². The Hall–Kier alpha value is -3.39. The van der Waals surface area contributed by atoms with Crippen molar-refractivity contribution in [3.05, 3.63) is 69.6 Å². The molecule has 3 rings (SSSR count). The van der Waals surface area contributed by atoms with Crippen LogP contribution in [0.2, 0.25) is 0 Å². The molecular formula is C24H27N3O4S. The van der Waals surface area contributed by atoms with Crippen molar-refractivity contribution in [2.24, 2.45) is 0 Å². The van der Waals surface area contributed by atoms with Crippen LogP contribution in [0.4, 0.5) is 11.4 Å². The first-order valence-electron chi connectivity index (χ1n) is 10.1. The van der Waals surface area contributed by atoms with E-state index in [1.165, 1.54) is 6.92 Å². The molecule has 8 heteroatoms. The van der Waals surface area contributed by atoms with E-state index in [9.17, 15) is 13.2 Å². The van der Waals surface area contributed by atoms with Gasteiger partial charge in [0.25, 0.3) is 10.0 Å². The van der Waals surface area contributed by atoms with Gasteiger partial charge in [0.2, 0.25) is 5.91 Å². The third-order valence-electron chi connectivity index (χ3n) is 5.03. The number of aromatic nitrogens is 1. The van der Waals surface area contributed by atoms with Crippen molar-refractivity contribution in [1.29, 1.82) is 0 Å². The highest BCUT2D eigenvalue weighted by molar-refractivity contribution is 7.92. The van der Waals surface area contributed by atoms with Gasteiger partial charge in [-0.3, -0.25) is 9.52 Å². The van der Waals surface area contributed by atoms with Crippen LogP contribution in [0.5, 0.6) is 0 Å². The summed E-state index contributed by atoms with van der Waals surface area (Å²) in [4.78, 5) is 11.6. The van der Waals surface area contributed by atoms with Gasteiger partial charge < -0.3 is 9.84 Å². The van der Waals surface area contributed by atoms with Crippen LogP contribution in [0.15, 0.2) is 39.8 Å². The number of carbonyl (C=O) groups excluding carboxylic acids is 1. The molecule has 0 radical (unpaired) electrons. The number of hydrogen-bond acceptors (Lipinski definition) is 5. The van der Waals surface area contributed by atoms with Gasteiger partial charge in [0, 0.05) is 6.92 Å². The molecular weight excluding hydrogens is 426 g/mol. The Bertz CT molecular complexity index is 1300. The fourth-order valence-electron chi connectivity index (χ4n) is 3.54. The molecule has 32 heavy (non-hydrogen) atoms. The lowest BCUT2D eigenvalue weighted by molar-refractivity contribution is -0.114. The number of rotatable bonds is 6. The lowest BCUT2D eigenvalue weighted by atomic mass is 10.1. The van der Waals surface area contributed by atoms with Crippen LogP contribution < -0.4 is 10.0 Å². The Morgan fingerprint density at radius 3 is 2.22 bits per heavy atom. The first kappa shape index (κ1) is 23.3.